The number of hydrogen-bond donors (Lipinski definition) is 1. The number of pyridine rings is 1. The number of halogens is 1. The molecule has 0 saturated carbocycles. The number of benzene rings is 1. The van der Waals surface area contributed by atoms with Gasteiger partial charge in [0, 0.05) is 6.20 Å². The summed E-state index contributed by atoms with van der Waals surface area (Å²) in [5, 5.41) is 0. The number of sulfonamides is 1. The molecule has 2 rings (SSSR count). The standard InChI is InChI=1S/C15H17FN2O2S/c1-3-12-7-4-5-9-14(12)21(19,20)18-11(2)15-13(16)8-6-10-17-15/h4-11,18H,3H2,1-2H3/t11-/m0/s1. The molecular weight excluding hydrogens is 291 g/mol. The van der Waals surface area contributed by atoms with Gasteiger partial charge in [0.1, 0.15) is 5.82 Å². The van der Waals surface area contributed by atoms with Crippen LogP contribution in [0.15, 0.2) is 47.5 Å². The minimum Gasteiger partial charge on any atom is -0.257 e. The largest absolute Gasteiger partial charge is 0.257 e. The van der Waals surface area contributed by atoms with E-state index < -0.39 is 21.9 Å². The molecule has 1 atom stereocenters. The molecule has 1 heterocycles. The monoisotopic (exact) mass is 308 g/mol. The summed E-state index contributed by atoms with van der Waals surface area (Å²) in [6.45, 7) is 3.45. The van der Waals surface area contributed by atoms with Crippen molar-refractivity contribution in [2.24, 2.45) is 0 Å². The van der Waals surface area contributed by atoms with Gasteiger partial charge in [0.25, 0.3) is 0 Å². The number of nitrogens with zero attached hydrogens (tertiary/aromatic N) is 1. The Hall–Kier alpha value is -1.79. The van der Waals surface area contributed by atoms with Gasteiger partial charge < -0.3 is 0 Å². The summed E-state index contributed by atoms with van der Waals surface area (Å²) in [7, 11) is -3.72. The predicted molar refractivity (Wildman–Crippen MR) is 78.8 cm³/mol. The first-order chi connectivity index (χ1) is 9.95. The van der Waals surface area contributed by atoms with E-state index in [2.05, 4.69) is 9.71 Å². The third-order valence-corrected chi connectivity index (χ3v) is 4.81. The van der Waals surface area contributed by atoms with E-state index in [4.69, 9.17) is 0 Å². The molecule has 4 nitrogen and oxygen atoms in total. The second-order valence-corrected chi connectivity index (χ2v) is 6.36. The molecule has 1 aromatic carbocycles. The maximum absolute atomic E-state index is 13.7. The lowest BCUT2D eigenvalue weighted by atomic mass is 10.2. The van der Waals surface area contributed by atoms with Gasteiger partial charge in [0.15, 0.2) is 0 Å². The van der Waals surface area contributed by atoms with E-state index in [1.807, 2.05) is 6.92 Å². The Labute approximate surface area is 124 Å². The maximum Gasteiger partial charge on any atom is 0.241 e. The van der Waals surface area contributed by atoms with Crippen LogP contribution in [0.5, 0.6) is 0 Å². The van der Waals surface area contributed by atoms with Gasteiger partial charge in [-0.05, 0) is 37.1 Å². The number of rotatable bonds is 5. The van der Waals surface area contributed by atoms with E-state index in [9.17, 15) is 12.8 Å². The van der Waals surface area contributed by atoms with Gasteiger partial charge in [0.2, 0.25) is 10.0 Å². The topological polar surface area (TPSA) is 59.1 Å². The van der Waals surface area contributed by atoms with Crippen molar-refractivity contribution >= 4 is 10.0 Å². The van der Waals surface area contributed by atoms with Gasteiger partial charge in [-0.15, -0.1) is 0 Å². The van der Waals surface area contributed by atoms with Crippen molar-refractivity contribution < 1.29 is 12.8 Å². The fourth-order valence-corrected chi connectivity index (χ4v) is 3.65. The lowest BCUT2D eigenvalue weighted by molar-refractivity contribution is 0.539. The molecular formula is C15H17FN2O2S. The lowest BCUT2D eigenvalue weighted by Gasteiger charge is -2.16. The van der Waals surface area contributed by atoms with E-state index in [1.54, 1.807) is 31.2 Å². The molecule has 112 valence electrons. The summed E-state index contributed by atoms with van der Waals surface area (Å²) >= 11 is 0. The summed E-state index contributed by atoms with van der Waals surface area (Å²) in [5.74, 6) is -0.531. The highest BCUT2D eigenvalue weighted by Crippen LogP contribution is 2.20. The van der Waals surface area contributed by atoms with Crippen molar-refractivity contribution in [2.45, 2.75) is 31.2 Å². The van der Waals surface area contributed by atoms with E-state index in [0.29, 0.717) is 6.42 Å². The van der Waals surface area contributed by atoms with Crippen molar-refractivity contribution in [1.29, 1.82) is 0 Å². The molecule has 0 aliphatic rings. The van der Waals surface area contributed by atoms with Crippen LogP contribution in [-0.4, -0.2) is 13.4 Å². The Morgan fingerprint density at radius 3 is 2.62 bits per heavy atom. The maximum atomic E-state index is 13.7. The fraction of sp³-hybridized carbons (Fsp3) is 0.267. The van der Waals surface area contributed by atoms with Crippen molar-refractivity contribution in [3.8, 4) is 0 Å². The van der Waals surface area contributed by atoms with Crippen LogP contribution in [0.3, 0.4) is 0 Å². The van der Waals surface area contributed by atoms with Gasteiger partial charge >= 0.3 is 0 Å². The highest BCUT2D eigenvalue weighted by Gasteiger charge is 2.22. The summed E-state index contributed by atoms with van der Waals surface area (Å²) in [6, 6.07) is 8.74. The van der Waals surface area contributed by atoms with Crippen molar-refractivity contribution in [3.05, 3.63) is 59.7 Å². The lowest BCUT2D eigenvalue weighted by Crippen LogP contribution is -2.28. The van der Waals surface area contributed by atoms with Crippen molar-refractivity contribution in [1.82, 2.24) is 9.71 Å². The Bertz CT molecular complexity index is 732. The van der Waals surface area contributed by atoms with E-state index >= 15 is 0 Å². The number of aromatic nitrogens is 1. The highest BCUT2D eigenvalue weighted by atomic mass is 32.2. The molecule has 0 spiro atoms. The van der Waals surface area contributed by atoms with Crippen LogP contribution in [0.2, 0.25) is 0 Å². The Balaban J connectivity index is 2.32. The Morgan fingerprint density at radius 1 is 1.24 bits per heavy atom. The van der Waals surface area contributed by atoms with Gasteiger partial charge in [-0.3, -0.25) is 4.98 Å². The average Bonchev–Trinajstić information content (AvgIpc) is 2.47. The van der Waals surface area contributed by atoms with Gasteiger partial charge in [-0.1, -0.05) is 25.1 Å². The zero-order valence-corrected chi connectivity index (χ0v) is 12.7. The molecule has 0 radical (unpaired) electrons. The molecule has 1 N–H and O–H groups in total. The first-order valence-electron chi connectivity index (χ1n) is 6.66. The summed E-state index contributed by atoms with van der Waals surface area (Å²) in [5.41, 5.74) is 0.800. The average molecular weight is 308 g/mol. The SMILES string of the molecule is CCc1ccccc1S(=O)(=O)N[C@@H](C)c1ncccc1F. The first kappa shape index (κ1) is 15.6. The predicted octanol–water partition coefficient (Wildman–Crippen LogP) is 2.82. The normalized spacial score (nSPS) is 13.1. The Morgan fingerprint density at radius 2 is 1.95 bits per heavy atom. The quantitative estimate of drug-likeness (QED) is 0.924. The number of aryl methyl sites for hydroxylation is 1. The molecule has 6 heteroatoms. The van der Waals surface area contributed by atoms with Gasteiger partial charge in [-0.25, -0.2) is 17.5 Å². The molecule has 0 amide bonds. The third kappa shape index (κ3) is 3.46. The molecule has 0 bridgehead atoms. The van der Waals surface area contributed by atoms with Crippen molar-refractivity contribution in [3.63, 3.8) is 0 Å². The van der Waals surface area contributed by atoms with Crippen LogP contribution in [0.4, 0.5) is 4.39 Å². The zero-order chi connectivity index (χ0) is 15.5. The summed E-state index contributed by atoms with van der Waals surface area (Å²) < 4.78 is 41.0. The molecule has 0 saturated heterocycles. The highest BCUT2D eigenvalue weighted by molar-refractivity contribution is 7.89. The van der Waals surface area contributed by atoms with Crippen molar-refractivity contribution in [2.75, 3.05) is 0 Å². The van der Waals surface area contributed by atoms with Crippen LogP contribution >= 0.6 is 0 Å². The minimum absolute atomic E-state index is 0.0788. The number of hydrogen-bond acceptors (Lipinski definition) is 3. The minimum atomic E-state index is -3.72. The van der Waals surface area contributed by atoms with Crippen LogP contribution in [0, 0.1) is 5.82 Å². The van der Waals surface area contributed by atoms with Gasteiger partial charge in [-0.2, -0.15) is 0 Å². The van der Waals surface area contributed by atoms with Crippen LogP contribution < -0.4 is 4.72 Å². The molecule has 1 aromatic heterocycles. The molecule has 0 aliphatic carbocycles. The second-order valence-electron chi connectivity index (χ2n) is 4.67. The summed E-state index contributed by atoms with van der Waals surface area (Å²) in [6.07, 6.45) is 2.03. The summed E-state index contributed by atoms with van der Waals surface area (Å²) in [4.78, 5) is 4.11. The molecule has 2 aromatic rings. The fourth-order valence-electron chi connectivity index (χ4n) is 2.13. The van der Waals surface area contributed by atoms with Gasteiger partial charge in [0.05, 0.1) is 16.6 Å². The molecule has 0 aliphatic heterocycles. The molecule has 0 unspecified atom stereocenters. The zero-order valence-electron chi connectivity index (χ0n) is 11.9. The molecule has 0 fully saturated rings. The third-order valence-electron chi connectivity index (χ3n) is 3.17. The first-order valence-corrected chi connectivity index (χ1v) is 8.14. The Kier molecular flexibility index (Phi) is 4.69. The second kappa shape index (κ2) is 6.32. The van der Waals surface area contributed by atoms with Crippen LogP contribution in [0.25, 0.3) is 0 Å². The number of nitrogens with one attached hydrogen (secondary N) is 1. The van der Waals surface area contributed by atoms with E-state index in [-0.39, 0.29) is 10.6 Å². The van der Waals surface area contributed by atoms with Crippen LogP contribution in [-0.2, 0) is 16.4 Å². The molecule has 21 heavy (non-hydrogen) atoms. The van der Waals surface area contributed by atoms with E-state index in [1.165, 1.54) is 18.3 Å². The van der Waals surface area contributed by atoms with Crippen LogP contribution in [0.1, 0.15) is 31.1 Å². The van der Waals surface area contributed by atoms with E-state index in [0.717, 1.165) is 5.56 Å². The smallest absolute Gasteiger partial charge is 0.241 e.